The Kier molecular flexibility index (Phi) is 6.28. The molecule has 2 aromatic rings. The number of carbonyl (C=O) groups is 2. The molecule has 4 heteroatoms. The van der Waals surface area contributed by atoms with Gasteiger partial charge in [-0.05, 0) is 60.9 Å². The van der Waals surface area contributed by atoms with E-state index in [0.29, 0.717) is 12.8 Å². The molecule has 0 radical (unpaired) electrons. The lowest BCUT2D eigenvalue weighted by Gasteiger charge is -2.12. The molecule has 4 nitrogen and oxygen atoms in total. The Bertz CT molecular complexity index is 828. The number of amides is 1. The van der Waals surface area contributed by atoms with E-state index in [2.05, 4.69) is 43.4 Å². The van der Waals surface area contributed by atoms with E-state index in [-0.39, 0.29) is 24.4 Å². The summed E-state index contributed by atoms with van der Waals surface area (Å²) in [7, 11) is 0. The Morgan fingerprint density at radius 2 is 1.89 bits per heavy atom. The summed E-state index contributed by atoms with van der Waals surface area (Å²) in [5.41, 5.74) is 5.85. The number of rotatable bonds is 7. The minimum absolute atomic E-state index is 0.0643. The van der Waals surface area contributed by atoms with Crippen molar-refractivity contribution in [3.05, 3.63) is 59.2 Å². The van der Waals surface area contributed by atoms with Crippen LogP contribution in [0.25, 0.3) is 11.1 Å². The number of benzene rings is 2. The highest BCUT2D eigenvalue weighted by Crippen LogP contribution is 2.27. The van der Waals surface area contributed by atoms with Gasteiger partial charge in [0.15, 0.2) is 0 Å². The van der Waals surface area contributed by atoms with Gasteiger partial charge >= 0.3 is 5.97 Å². The summed E-state index contributed by atoms with van der Waals surface area (Å²) in [5.74, 6) is -0.0175. The van der Waals surface area contributed by atoms with Crippen molar-refractivity contribution < 1.29 is 14.3 Å². The lowest BCUT2D eigenvalue weighted by atomic mass is 9.95. The molecule has 1 unspecified atom stereocenters. The molecule has 1 aliphatic heterocycles. The van der Waals surface area contributed by atoms with Gasteiger partial charge in [-0.1, -0.05) is 42.5 Å². The third-order valence-electron chi connectivity index (χ3n) is 5.22. The first-order valence-corrected chi connectivity index (χ1v) is 9.63. The fraction of sp³-hybridized carbons (Fsp3) is 0.391. The summed E-state index contributed by atoms with van der Waals surface area (Å²) < 4.78 is 5.40. The number of hydrogen-bond acceptors (Lipinski definition) is 3. The quantitative estimate of drug-likeness (QED) is 0.744. The number of carbonyl (C=O) groups excluding carboxylic acids is 2. The molecule has 0 spiro atoms. The fourth-order valence-corrected chi connectivity index (χ4v) is 3.64. The van der Waals surface area contributed by atoms with Crippen molar-refractivity contribution in [1.29, 1.82) is 0 Å². The average molecular weight is 365 g/mol. The van der Waals surface area contributed by atoms with Crippen LogP contribution < -0.4 is 5.32 Å². The number of ether oxygens (including phenoxy) is 1. The van der Waals surface area contributed by atoms with Crippen molar-refractivity contribution in [2.75, 3.05) is 6.54 Å². The van der Waals surface area contributed by atoms with Gasteiger partial charge < -0.3 is 10.1 Å². The van der Waals surface area contributed by atoms with Crippen molar-refractivity contribution >= 4 is 11.9 Å². The molecule has 1 atom stereocenters. The maximum Gasteiger partial charge on any atom is 0.306 e. The highest BCUT2D eigenvalue weighted by atomic mass is 16.5. The van der Waals surface area contributed by atoms with Crippen LogP contribution in [0.4, 0.5) is 0 Å². The standard InChI is InChI=1S/C23H27NO3/c1-16-6-3-4-8-20(16)21-11-10-18(14-17(21)2)15-27-22(25)9-5-7-19-12-13-24-23(19)26/h3-4,6,8,10-11,14,19H,5,7,9,12-13,15H2,1-2H3,(H,24,26). The van der Waals surface area contributed by atoms with Crippen LogP contribution in [0.2, 0.25) is 0 Å². The van der Waals surface area contributed by atoms with Crippen molar-refractivity contribution in [2.24, 2.45) is 5.92 Å². The van der Waals surface area contributed by atoms with Gasteiger partial charge in [0, 0.05) is 18.9 Å². The zero-order valence-corrected chi connectivity index (χ0v) is 16.1. The predicted molar refractivity (Wildman–Crippen MR) is 106 cm³/mol. The van der Waals surface area contributed by atoms with Gasteiger partial charge in [-0.25, -0.2) is 0 Å². The zero-order chi connectivity index (χ0) is 19.2. The number of esters is 1. The molecule has 1 N–H and O–H groups in total. The van der Waals surface area contributed by atoms with Gasteiger partial charge in [-0.3, -0.25) is 9.59 Å². The van der Waals surface area contributed by atoms with Gasteiger partial charge in [0.2, 0.25) is 5.91 Å². The summed E-state index contributed by atoms with van der Waals surface area (Å²) in [5, 5.41) is 2.82. The van der Waals surface area contributed by atoms with E-state index < -0.39 is 0 Å². The van der Waals surface area contributed by atoms with Gasteiger partial charge in [-0.15, -0.1) is 0 Å². The molecule has 0 saturated carbocycles. The average Bonchev–Trinajstić information content (AvgIpc) is 3.06. The van der Waals surface area contributed by atoms with E-state index in [9.17, 15) is 9.59 Å². The molecule has 1 heterocycles. The molecule has 1 fully saturated rings. The van der Waals surface area contributed by atoms with E-state index in [1.807, 2.05) is 18.2 Å². The van der Waals surface area contributed by atoms with Crippen LogP contribution in [0.3, 0.4) is 0 Å². The molecule has 2 aromatic carbocycles. The Hall–Kier alpha value is -2.62. The van der Waals surface area contributed by atoms with Crippen LogP contribution in [-0.2, 0) is 20.9 Å². The van der Waals surface area contributed by atoms with Crippen LogP contribution in [-0.4, -0.2) is 18.4 Å². The topological polar surface area (TPSA) is 55.4 Å². The maximum absolute atomic E-state index is 12.0. The molecular formula is C23H27NO3. The number of nitrogens with one attached hydrogen (secondary N) is 1. The highest BCUT2D eigenvalue weighted by Gasteiger charge is 2.23. The number of hydrogen-bond donors (Lipinski definition) is 1. The minimum Gasteiger partial charge on any atom is -0.461 e. The van der Waals surface area contributed by atoms with Crippen LogP contribution in [0.15, 0.2) is 42.5 Å². The third-order valence-corrected chi connectivity index (χ3v) is 5.22. The summed E-state index contributed by atoms with van der Waals surface area (Å²) in [6.07, 6.45) is 2.69. The second-order valence-corrected chi connectivity index (χ2v) is 7.29. The zero-order valence-electron chi connectivity index (χ0n) is 16.1. The van der Waals surface area contributed by atoms with E-state index in [1.165, 1.54) is 22.3 Å². The molecule has 1 amide bonds. The number of aryl methyl sites for hydroxylation is 2. The molecule has 1 aliphatic rings. The second kappa shape index (κ2) is 8.85. The van der Waals surface area contributed by atoms with Gasteiger partial charge in [0.25, 0.3) is 0 Å². The maximum atomic E-state index is 12.0. The van der Waals surface area contributed by atoms with E-state index >= 15 is 0 Å². The summed E-state index contributed by atoms with van der Waals surface area (Å²) in [4.78, 5) is 23.5. The predicted octanol–water partition coefficient (Wildman–Crippen LogP) is 4.32. The summed E-state index contributed by atoms with van der Waals surface area (Å²) >= 11 is 0. The Labute approximate surface area is 160 Å². The van der Waals surface area contributed by atoms with Gasteiger partial charge in [0.05, 0.1) is 0 Å². The molecule has 3 rings (SSSR count). The van der Waals surface area contributed by atoms with Crippen LogP contribution in [0.5, 0.6) is 0 Å². The van der Waals surface area contributed by atoms with Crippen molar-refractivity contribution in [3.63, 3.8) is 0 Å². The smallest absolute Gasteiger partial charge is 0.306 e. The van der Waals surface area contributed by atoms with Crippen LogP contribution in [0.1, 0.15) is 42.4 Å². The van der Waals surface area contributed by atoms with Crippen molar-refractivity contribution in [1.82, 2.24) is 5.32 Å². The first kappa shape index (κ1) is 19.2. The van der Waals surface area contributed by atoms with Gasteiger partial charge in [0.1, 0.15) is 6.61 Å². The first-order chi connectivity index (χ1) is 13.0. The van der Waals surface area contributed by atoms with Crippen LogP contribution >= 0.6 is 0 Å². The molecule has 142 valence electrons. The molecule has 27 heavy (non-hydrogen) atoms. The van der Waals surface area contributed by atoms with Crippen LogP contribution in [0, 0.1) is 19.8 Å². The lowest BCUT2D eigenvalue weighted by Crippen LogP contribution is -2.19. The van der Waals surface area contributed by atoms with E-state index in [4.69, 9.17) is 4.74 Å². The fourth-order valence-electron chi connectivity index (χ4n) is 3.64. The van der Waals surface area contributed by atoms with Gasteiger partial charge in [-0.2, -0.15) is 0 Å². The first-order valence-electron chi connectivity index (χ1n) is 9.63. The molecule has 0 aromatic heterocycles. The molecule has 1 saturated heterocycles. The van der Waals surface area contributed by atoms with Crippen molar-refractivity contribution in [3.8, 4) is 11.1 Å². The second-order valence-electron chi connectivity index (χ2n) is 7.29. The summed E-state index contributed by atoms with van der Waals surface area (Å²) in [6, 6.07) is 14.5. The molecule has 0 bridgehead atoms. The Balaban J connectivity index is 1.49. The normalized spacial score (nSPS) is 16.2. The summed E-state index contributed by atoms with van der Waals surface area (Å²) in [6.45, 7) is 5.24. The van der Waals surface area contributed by atoms with Crippen molar-refractivity contribution in [2.45, 2.75) is 46.1 Å². The Morgan fingerprint density at radius 1 is 1.11 bits per heavy atom. The third kappa shape index (κ3) is 4.97. The Morgan fingerprint density at radius 3 is 2.59 bits per heavy atom. The minimum atomic E-state index is -0.200. The molecular weight excluding hydrogens is 338 g/mol. The monoisotopic (exact) mass is 365 g/mol. The molecule has 0 aliphatic carbocycles. The van der Waals surface area contributed by atoms with E-state index in [1.54, 1.807) is 0 Å². The SMILES string of the molecule is Cc1ccccc1-c1ccc(COC(=O)CCCC2CCNC2=O)cc1C. The van der Waals surface area contributed by atoms with E-state index in [0.717, 1.165) is 24.9 Å². The highest BCUT2D eigenvalue weighted by molar-refractivity contribution is 5.80. The largest absolute Gasteiger partial charge is 0.461 e. The lowest BCUT2D eigenvalue weighted by molar-refractivity contribution is -0.145.